The Morgan fingerprint density at radius 2 is 2.00 bits per heavy atom. The van der Waals surface area contributed by atoms with Crippen LogP contribution in [-0.2, 0) is 14.6 Å². The minimum absolute atomic E-state index is 0.189. The summed E-state index contributed by atoms with van der Waals surface area (Å²) in [6, 6.07) is 0.453. The van der Waals surface area contributed by atoms with Crippen LogP contribution in [0.5, 0.6) is 0 Å². The second-order valence-electron chi connectivity index (χ2n) is 7.53. The molecule has 0 radical (unpaired) electrons. The lowest BCUT2D eigenvalue weighted by Crippen LogP contribution is -2.51. The third kappa shape index (κ3) is 7.11. The zero-order chi connectivity index (χ0) is 18.3. The fourth-order valence-electron chi connectivity index (χ4n) is 3.56. The maximum atomic E-state index is 11.6. The molecule has 0 spiro atoms. The summed E-state index contributed by atoms with van der Waals surface area (Å²) in [5.41, 5.74) is 0. The summed E-state index contributed by atoms with van der Waals surface area (Å²) in [5.74, 6) is 2.19. The van der Waals surface area contributed by atoms with Crippen molar-refractivity contribution in [2.75, 3.05) is 57.9 Å². The minimum Gasteiger partial charge on any atom is -0.379 e. The average Bonchev–Trinajstić information content (AvgIpc) is 2.93. The number of guanidine groups is 1. The lowest BCUT2D eigenvalue weighted by atomic mass is 10.0. The van der Waals surface area contributed by atoms with Gasteiger partial charge in [-0.25, -0.2) is 8.42 Å². The summed E-state index contributed by atoms with van der Waals surface area (Å²) < 4.78 is 28.6. The molecule has 25 heavy (non-hydrogen) atoms. The Bertz CT molecular complexity index is 530. The first-order valence-corrected chi connectivity index (χ1v) is 11.2. The van der Waals surface area contributed by atoms with Gasteiger partial charge in [-0.05, 0) is 24.7 Å². The largest absolute Gasteiger partial charge is 0.379 e. The smallest absolute Gasteiger partial charge is 0.191 e. The summed E-state index contributed by atoms with van der Waals surface area (Å²) >= 11 is 0. The Morgan fingerprint density at radius 3 is 2.56 bits per heavy atom. The highest BCUT2D eigenvalue weighted by Crippen LogP contribution is 2.17. The zero-order valence-electron chi connectivity index (χ0n) is 15.8. The van der Waals surface area contributed by atoms with Crippen molar-refractivity contribution in [1.29, 1.82) is 0 Å². The number of nitrogens with one attached hydrogen (secondary N) is 2. The van der Waals surface area contributed by atoms with E-state index in [4.69, 9.17) is 4.74 Å². The molecule has 0 aromatic heterocycles. The maximum Gasteiger partial charge on any atom is 0.191 e. The molecule has 0 bridgehead atoms. The molecule has 0 saturated carbocycles. The van der Waals surface area contributed by atoms with Crippen LogP contribution in [0.4, 0.5) is 0 Å². The fraction of sp³-hybridized carbons (Fsp3) is 0.941. The van der Waals surface area contributed by atoms with E-state index >= 15 is 0 Å². The zero-order valence-corrected chi connectivity index (χ0v) is 16.6. The van der Waals surface area contributed by atoms with Crippen molar-refractivity contribution in [3.8, 4) is 0 Å². The molecule has 2 saturated heterocycles. The first-order valence-electron chi connectivity index (χ1n) is 9.36. The Kier molecular flexibility index (Phi) is 7.96. The van der Waals surface area contributed by atoms with Crippen LogP contribution < -0.4 is 10.6 Å². The fourth-order valence-corrected chi connectivity index (χ4v) is 5.42. The van der Waals surface area contributed by atoms with Crippen LogP contribution in [0.15, 0.2) is 4.99 Å². The van der Waals surface area contributed by atoms with Gasteiger partial charge in [0.15, 0.2) is 15.8 Å². The van der Waals surface area contributed by atoms with Crippen LogP contribution in [0, 0.1) is 11.8 Å². The van der Waals surface area contributed by atoms with Crippen LogP contribution in [-0.4, -0.2) is 83.3 Å². The van der Waals surface area contributed by atoms with E-state index in [9.17, 15) is 8.42 Å². The van der Waals surface area contributed by atoms with Gasteiger partial charge in [0.1, 0.15) is 0 Å². The third-order valence-electron chi connectivity index (χ3n) is 4.92. The molecule has 2 heterocycles. The van der Waals surface area contributed by atoms with Crippen molar-refractivity contribution < 1.29 is 13.2 Å². The molecule has 7 nitrogen and oxygen atoms in total. The molecule has 2 aliphatic heterocycles. The van der Waals surface area contributed by atoms with Crippen LogP contribution in [0.3, 0.4) is 0 Å². The highest BCUT2D eigenvalue weighted by molar-refractivity contribution is 7.91. The molecule has 0 aromatic carbocycles. The van der Waals surface area contributed by atoms with Gasteiger partial charge in [-0.1, -0.05) is 13.8 Å². The molecule has 2 atom stereocenters. The van der Waals surface area contributed by atoms with Gasteiger partial charge in [-0.3, -0.25) is 9.89 Å². The summed E-state index contributed by atoms with van der Waals surface area (Å²) in [6.07, 6.45) is 1.88. The van der Waals surface area contributed by atoms with Crippen molar-refractivity contribution in [2.24, 2.45) is 16.8 Å². The van der Waals surface area contributed by atoms with Gasteiger partial charge in [-0.15, -0.1) is 0 Å². The minimum atomic E-state index is -2.82. The van der Waals surface area contributed by atoms with E-state index in [2.05, 4.69) is 34.4 Å². The number of ether oxygens (including phenoxy) is 1. The topological polar surface area (TPSA) is 83.0 Å². The molecule has 8 heteroatoms. The average molecular weight is 375 g/mol. The molecule has 2 unspecified atom stereocenters. The molecule has 2 rings (SSSR count). The highest BCUT2D eigenvalue weighted by Gasteiger charge is 2.28. The van der Waals surface area contributed by atoms with Crippen LogP contribution in [0.25, 0.3) is 0 Å². The number of morpholine rings is 1. The SMILES string of the molecule is CN=C(NCC1CCS(=O)(=O)C1)NCC(CC(C)C)N1CCOCC1. The van der Waals surface area contributed by atoms with Gasteiger partial charge < -0.3 is 15.4 Å². The quantitative estimate of drug-likeness (QED) is 0.494. The summed E-state index contributed by atoms with van der Waals surface area (Å²) in [7, 11) is -1.07. The maximum absolute atomic E-state index is 11.6. The normalized spacial score (nSPS) is 25.9. The Labute approximate surface area is 152 Å². The van der Waals surface area contributed by atoms with Gasteiger partial charge >= 0.3 is 0 Å². The number of hydrogen-bond donors (Lipinski definition) is 2. The number of hydrogen-bond acceptors (Lipinski definition) is 5. The Hall–Kier alpha value is -0.860. The van der Waals surface area contributed by atoms with E-state index in [1.165, 1.54) is 0 Å². The molecule has 2 aliphatic rings. The second-order valence-corrected chi connectivity index (χ2v) is 9.76. The molecular weight excluding hydrogens is 340 g/mol. The van der Waals surface area contributed by atoms with Gasteiger partial charge in [0.25, 0.3) is 0 Å². The van der Waals surface area contributed by atoms with Gasteiger partial charge in [0.05, 0.1) is 24.7 Å². The van der Waals surface area contributed by atoms with Crippen LogP contribution >= 0.6 is 0 Å². The molecule has 2 fully saturated rings. The van der Waals surface area contributed by atoms with E-state index in [0.717, 1.165) is 51.6 Å². The first kappa shape index (κ1) is 20.5. The monoisotopic (exact) mass is 374 g/mol. The van der Waals surface area contributed by atoms with Gasteiger partial charge in [-0.2, -0.15) is 0 Å². The first-order chi connectivity index (χ1) is 11.9. The Balaban J connectivity index is 1.80. The van der Waals surface area contributed by atoms with Gasteiger partial charge in [0.2, 0.25) is 0 Å². The van der Waals surface area contributed by atoms with E-state index in [1.807, 2.05) is 0 Å². The second kappa shape index (κ2) is 9.73. The van der Waals surface area contributed by atoms with Crippen molar-refractivity contribution in [3.63, 3.8) is 0 Å². The van der Waals surface area contributed by atoms with Crippen LogP contribution in [0.2, 0.25) is 0 Å². The molecular formula is C17H34N4O3S. The predicted octanol–water partition coefficient (Wildman–Crippen LogP) is 0.333. The lowest BCUT2D eigenvalue weighted by Gasteiger charge is -2.35. The van der Waals surface area contributed by atoms with E-state index < -0.39 is 9.84 Å². The summed E-state index contributed by atoms with van der Waals surface area (Å²) in [5, 5.41) is 6.72. The highest BCUT2D eigenvalue weighted by atomic mass is 32.2. The molecule has 2 N–H and O–H groups in total. The summed E-state index contributed by atoms with van der Waals surface area (Å²) in [6.45, 7) is 9.56. The van der Waals surface area contributed by atoms with Crippen molar-refractivity contribution in [1.82, 2.24) is 15.5 Å². The number of aliphatic imine (C=N–C) groups is 1. The third-order valence-corrected chi connectivity index (χ3v) is 6.76. The van der Waals surface area contributed by atoms with E-state index in [1.54, 1.807) is 7.05 Å². The molecule has 0 aliphatic carbocycles. The van der Waals surface area contributed by atoms with Gasteiger partial charge in [0, 0.05) is 39.3 Å². The van der Waals surface area contributed by atoms with Crippen molar-refractivity contribution in [2.45, 2.75) is 32.7 Å². The van der Waals surface area contributed by atoms with Crippen molar-refractivity contribution >= 4 is 15.8 Å². The predicted molar refractivity (Wildman–Crippen MR) is 102 cm³/mol. The Morgan fingerprint density at radius 1 is 1.28 bits per heavy atom. The lowest BCUT2D eigenvalue weighted by molar-refractivity contribution is 0.0132. The van der Waals surface area contributed by atoms with Crippen LogP contribution in [0.1, 0.15) is 26.7 Å². The number of nitrogens with zero attached hydrogens (tertiary/aromatic N) is 2. The molecule has 0 amide bonds. The van der Waals surface area contributed by atoms with Crippen molar-refractivity contribution in [3.05, 3.63) is 0 Å². The van der Waals surface area contributed by atoms with E-state index in [0.29, 0.717) is 30.0 Å². The number of sulfone groups is 1. The standard InChI is InChI=1S/C17H34N4O3S/c1-14(2)10-16(21-5-7-24-8-6-21)12-20-17(18-3)19-11-15-4-9-25(22,23)13-15/h14-16H,4-13H2,1-3H3,(H2,18,19,20). The number of rotatable bonds is 7. The molecule has 146 valence electrons. The van der Waals surface area contributed by atoms with E-state index in [-0.39, 0.29) is 5.92 Å². The summed E-state index contributed by atoms with van der Waals surface area (Å²) in [4.78, 5) is 6.78. The molecule has 0 aromatic rings.